The summed E-state index contributed by atoms with van der Waals surface area (Å²) in [5.41, 5.74) is 0.949. The van der Waals surface area contributed by atoms with E-state index < -0.39 is 9.84 Å². The molecule has 0 radical (unpaired) electrons. The van der Waals surface area contributed by atoms with Gasteiger partial charge in [-0.05, 0) is 31.9 Å². The number of hydrogen-bond acceptors (Lipinski definition) is 3. The molecule has 0 heterocycles. The normalized spacial score (nSPS) is 13.7. The maximum atomic E-state index is 11.2. The Hall–Kier alpha value is -1.27. The molecule has 5 nitrogen and oxygen atoms in total. The summed E-state index contributed by atoms with van der Waals surface area (Å²) in [5.74, 6) is 0.814. The summed E-state index contributed by atoms with van der Waals surface area (Å²) in [6.07, 6.45) is 1.78. The molecule has 0 aliphatic carbocycles. The van der Waals surface area contributed by atoms with Crippen molar-refractivity contribution in [2.24, 2.45) is 4.99 Å². The molecular formula is C15H24ClN3O2S. The number of guanidine groups is 1. The molecule has 7 heteroatoms. The molecular weight excluding hydrogens is 322 g/mol. The van der Waals surface area contributed by atoms with Gasteiger partial charge in [0.2, 0.25) is 0 Å². The van der Waals surface area contributed by atoms with Crippen LogP contribution in [0, 0.1) is 0 Å². The molecule has 0 aromatic heterocycles. The van der Waals surface area contributed by atoms with Crippen LogP contribution in [0.4, 0.5) is 0 Å². The lowest BCUT2D eigenvalue weighted by molar-refractivity contribution is 0.581. The molecule has 124 valence electrons. The number of benzene rings is 1. The highest BCUT2D eigenvalue weighted by molar-refractivity contribution is 7.90. The van der Waals surface area contributed by atoms with E-state index in [0.717, 1.165) is 12.1 Å². The van der Waals surface area contributed by atoms with Gasteiger partial charge in [0.15, 0.2) is 5.96 Å². The maximum absolute atomic E-state index is 11.2. The van der Waals surface area contributed by atoms with E-state index in [1.807, 2.05) is 38.1 Å². The van der Waals surface area contributed by atoms with E-state index in [2.05, 4.69) is 15.6 Å². The summed E-state index contributed by atoms with van der Waals surface area (Å²) in [6, 6.07) is 7.58. The Kier molecular flexibility index (Phi) is 7.68. The largest absolute Gasteiger partial charge is 0.357 e. The molecule has 0 bridgehead atoms. The Labute approximate surface area is 138 Å². The maximum Gasteiger partial charge on any atom is 0.191 e. The van der Waals surface area contributed by atoms with Gasteiger partial charge in [-0.3, -0.25) is 0 Å². The highest BCUT2D eigenvalue weighted by Crippen LogP contribution is 2.15. The highest BCUT2D eigenvalue weighted by atomic mass is 35.5. The molecule has 22 heavy (non-hydrogen) atoms. The summed E-state index contributed by atoms with van der Waals surface area (Å²) in [4.78, 5) is 4.49. The Bertz CT molecular complexity index is 603. The first kappa shape index (κ1) is 18.8. The van der Waals surface area contributed by atoms with Crippen molar-refractivity contribution in [3.63, 3.8) is 0 Å². The Morgan fingerprint density at radius 1 is 1.36 bits per heavy atom. The fourth-order valence-electron chi connectivity index (χ4n) is 1.81. The van der Waals surface area contributed by atoms with Crippen LogP contribution < -0.4 is 10.6 Å². The van der Waals surface area contributed by atoms with Crippen LogP contribution in [-0.2, 0) is 16.4 Å². The molecule has 0 aliphatic rings. The van der Waals surface area contributed by atoms with Crippen LogP contribution in [0.5, 0.6) is 0 Å². The van der Waals surface area contributed by atoms with Gasteiger partial charge in [0.1, 0.15) is 9.84 Å². The van der Waals surface area contributed by atoms with Crippen molar-refractivity contribution in [2.45, 2.75) is 32.9 Å². The predicted octanol–water partition coefficient (Wildman–Crippen LogP) is 2.22. The smallest absolute Gasteiger partial charge is 0.191 e. The minimum Gasteiger partial charge on any atom is -0.357 e. The van der Waals surface area contributed by atoms with E-state index in [-0.39, 0.29) is 11.8 Å². The Morgan fingerprint density at radius 3 is 2.64 bits per heavy atom. The van der Waals surface area contributed by atoms with Gasteiger partial charge in [-0.15, -0.1) is 0 Å². The second-order valence-electron chi connectivity index (χ2n) is 5.25. The Morgan fingerprint density at radius 2 is 2.05 bits per heavy atom. The van der Waals surface area contributed by atoms with E-state index in [0.29, 0.717) is 23.9 Å². The zero-order chi connectivity index (χ0) is 16.6. The van der Waals surface area contributed by atoms with Crippen LogP contribution >= 0.6 is 11.6 Å². The Balaban J connectivity index is 2.64. The van der Waals surface area contributed by atoms with E-state index in [4.69, 9.17) is 11.6 Å². The first-order valence-corrected chi connectivity index (χ1v) is 9.71. The second kappa shape index (κ2) is 9.00. The third-order valence-electron chi connectivity index (χ3n) is 3.01. The van der Waals surface area contributed by atoms with Gasteiger partial charge in [0.25, 0.3) is 0 Å². The minimum absolute atomic E-state index is 0.0128. The number of rotatable bonds is 7. The monoisotopic (exact) mass is 345 g/mol. The van der Waals surface area contributed by atoms with Crippen LogP contribution in [-0.4, -0.2) is 39.0 Å². The third-order valence-corrected chi connectivity index (χ3v) is 4.36. The van der Waals surface area contributed by atoms with Crippen molar-refractivity contribution in [1.82, 2.24) is 10.6 Å². The molecule has 0 spiro atoms. The van der Waals surface area contributed by atoms with Crippen LogP contribution in [0.1, 0.15) is 25.8 Å². The molecule has 1 aromatic carbocycles. The molecule has 1 unspecified atom stereocenters. The van der Waals surface area contributed by atoms with Crippen molar-refractivity contribution >= 4 is 27.4 Å². The number of nitrogens with zero attached hydrogens (tertiary/aromatic N) is 1. The lowest BCUT2D eigenvalue weighted by atomic mass is 10.2. The average Bonchev–Trinajstić information content (AvgIpc) is 2.43. The quantitative estimate of drug-likeness (QED) is 0.587. The van der Waals surface area contributed by atoms with Crippen LogP contribution in [0.15, 0.2) is 29.3 Å². The molecule has 0 amide bonds. The average molecular weight is 346 g/mol. The molecule has 0 saturated heterocycles. The molecule has 2 N–H and O–H groups in total. The summed E-state index contributed by atoms with van der Waals surface area (Å²) in [5, 5.41) is 7.05. The van der Waals surface area contributed by atoms with Crippen molar-refractivity contribution in [2.75, 3.05) is 18.6 Å². The molecule has 0 fully saturated rings. The highest BCUT2D eigenvalue weighted by Gasteiger charge is 2.09. The number of nitrogens with one attached hydrogen (secondary N) is 2. The lowest BCUT2D eigenvalue weighted by Gasteiger charge is -2.17. The summed E-state index contributed by atoms with van der Waals surface area (Å²) in [7, 11) is -2.95. The summed E-state index contributed by atoms with van der Waals surface area (Å²) in [6.45, 7) is 5.11. The predicted molar refractivity (Wildman–Crippen MR) is 93.2 cm³/mol. The van der Waals surface area contributed by atoms with E-state index in [1.54, 1.807) is 0 Å². The van der Waals surface area contributed by atoms with Gasteiger partial charge in [0, 0.05) is 23.9 Å². The number of halogens is 1. The summed E-state index contributed by atoms with van der Waals surface area (Å²) >= 11 is 6.11. The summed E-state index contributed by atoms with van der Waals surface area (Å²) < 4.78 is 22.4. The van der Waals surface area contributed by atoms with Gasteiger partial charge in [-0.25, -0.2) is 13.4 Å². The number of sulfone groups is 1. The number of hydrogen-bond donors (Lipinski definition) is 2. The van der Waals surface area contributed by atoms with Crippen molar-refractivity contribution in [3.05, 3.63) is 34.9 Å². The molecule has 0 saturated carbocycles. The van der Waals surface area contributed by atoms with Crippen molar-refractivity contribution in [1.29, 1.82) is 0 Å². The van der Waals surface area contributed by atoms with Gasteiger partial charge >= 0.3 is 0 Å². The SMILES string of the molecule is CCNC(=NCc1ccccc1Cl)NC(C)CCS(C)(=O)=O. The minimum atomic E-state index is -2.95. The fourth-order valence-corrected chi connectivity index (χ4v) is 2.78. The topological polar surface area (TPSA) is 70.6 Å². The lowest BCUT2D eigenvalue weighted by Crippen LogP contribution is -2.42. The fraction of sp³-hybridized carbons (Fsp3) is 0.533. The molecule has 1 rings (SSSR count). The zero-order valence-corrected chi connectivity index (χ0v) is 14.8. The van der Waals surface area contributed by atoms with Crippen LogP contribution in [0.3, 0.4) is 0 Å². The standard InChI is InChI=1S/C15H24ClN3O2S/c1-4-17-15(19-12(2)9-10-22(3,20)21)18-11-13-7-5-6-8-14(13)16/h5-8,12H,4,9-11H2,1-3H3,(H2,17,18,19). The van der Waals surface area contributed by atoms with E-state index >= 15 is 0 Å². The van der Waals surface area contributed by atoms with Crippen molar-refractivity contribution in [3.8, 4) is 0 Å². The second-order valence-corrected chi connectivity index (χ2v) is 7.92. The first-order valence-electron chi connectivity index (χ1n) is 7.27. The number of aliphatic imine (C=N–C) groups is 1. The van der Waals surface area contributed by atoms with Crippen LogP contribution in [0.25, 0.3) is 0 Å². The molecule has 1 atom stereocenters. The van der Waals surface area contributed by atoms with E-state index in [9.17, 15) is 8.42 Å². The van der Waals surface area contributed by atoms with Crippen LogP contribution in [0.2, 0.25) is 5.02 Å². The molecule has 1 aromatic rings. The third kappa shape index (κ3) is 7.66. The van der Waals surface area contributed by atoms with Gasteiger partial charge in [0.05, 0.1) is 12.3 Å². The first-order chi connectivity index (χ1) is 10.3. The van der Waals surface area contributed by atoms with Gasteiger partial charge < -0.3 is 10.6 Å². The van der Waals surface area contributed by atoms with Gasteiger partial charge in [-0.2, -0.15) is 0 Å². The zero-order valence-electron chi connectivity index (χ0n) is 13.3. The molecule has 0 aliphatic heterocycles. The van der Waals surface area contributed by atoms with Gasteiger partial charge in [-0.1, -0.05) is 29.8 Å². The van der Waals surface area contributed by atoms with Crippen molar-refractivity contribution < 1.29 is 8.42 Å². The van der Waals surface area contributed by atoms with E-state index in [1.165, 1.54) is 6.26 Å².